The van der Waals surface area contributed by atoms with E-state index in [2.05, 4.69) is 0 Å². The van der Waals surface area contributed by atoms with Gasteiger partial charge in [-0.1, -0.05) is 48.5 Å². The predicted molar refractivity (Wildman–Crippen MR) is 77.4 cm³/mol. The van der Waals surface area contributed by atoms with Crippen LogP contribution in [0.1, 0.15) is 15.9 Å². The number of allylic oxidation sites excluding steroid dienone is 1. The highest BCUT2D eigenvalue weighted by atomic mass is 16.5. The Morgan fingerprint density at radius 1 is 1.10 bits per heavy atom. The second-order valence-electron chi connectivity index (χ2n) is 4.08. The van der Waals surface area contributed by atoms with Crippen molar-refractivity contribution in [3.05, 3.63) is 71.8 Å². The molecule has 20 heavy (non-hydrogen) atoms. The van der Waals surface area contributed by atoms with Crippen LogP contribution in [0, 0.1) is 11.3 Å². The van der Waals surface area contributed by atoms with Crippen molar-refractivity contribution >= 4 is 11.9 Å². The van der Waals surface area contributed by atoms with Crippen LogP contribution in [-0.4, -0.2) is 12.4 Å². The summed E-state index contributed by atoms with van der Waals surface area (Å²) in [5, 5.41) is 8.41. The molecule has 0 spiro atoms. The number of nitriles is 1. The Morgan fingerprint density at radius 2 is 1.80 bits per heavy atom. The van der Waals surface area contributed by atoms with Crippen LogP contribution in [0.3, 0.4) is 0 Å². The quantitative estimate of drug-likeness (QED) is 0.613. The van der Waals surface area contributed by atoms with Gasteiger partial charge < -0.3 is 4.74 Å². The van der Waals surface area contributed by atoms with E-state index in [1.165, 1.54) is 0 Å². The van der Waals surface area contributed by atoms with Gasteiger partial charge in [0.2, 0.25) is 0 Å². The minimum atomic E-state index is -0.0320. The van der Waals surface area contributed by atoms with Crippen LogP contribution in [0.5, 0.6) is 5.75 Å². The molecule has 98 valence electrons. The molecule has 0 saturated carbocycles. The monoisotopic (exact) mass is 263 g/mol. The molecule has 2 aromatic carbocycles. The third-order valence-electron chi connectivity index (χ3n) is 2.67. The highest BCUT2D eigenvalue weighted by Crippen LogP contribution is 2.13. The summed E-state index contributed by atoms with van der Waals surface area (Å²) in [6.07, 6.45) is 3.30. The largest absolute Gasteiger partial charge is 0.479 e. The summed E-state index contributed by atoms with van der Waals surface area (Å²) < 4.78 is 5.15. The summed E-state index contributed by atoms with van der Waals surface area (Å²) in [6, 6.07) is 18.2. The molecule has 2 rings (SSSR count). The molecular weight excluding hydrogens is 250 g/mol. The SMILES string of the molecule is N#CCOc1ccc(C=CC(=O)c2ccccc2)cc1. The number of ketones is 1. The van der Waals surface area contributed by atoms with Crippen molar-refractivity contribution in [1.29, 1.82) is 5.26 Å². The fraction of sp³-hybridized carbons (Fsp3) is 0.0588. The van der Waals surface area contributed by atoms with E-state index in [-0.39, 0.29) is 12.4 Å². The normalized spacial score (nSPS) is 10.2. The van der Waals surface area contributed by atoms with E-state index in [1.54, 1.807) is 36.4 Å². The summed E-state index contributed by atoms with van der Waals surface area (Å²) in [5.41, 5.74) is 1.57. The third-order valence-corrected chi connectivity index (χ3v) is 2.67. The van der Waals surface area contributed by atoms with Crippen LogP contribution < -0.4 is 4.74 Å². The molecule has 3 heteroatoms. The van der Waals surface area contributed by atoms with E-state index in [0.29, 0.717) is 11.3 Å². The van der Waals surface area contributed by atoms with Gasteiger partial charge in [-0.05, 0) is 23.8 Å². The van der Waals surface area contributed by atoms with Crippen LogP contribution in [-0.2, 0) is 0 Å². The van der Waals surface area contributed by atoms with Gasteiger partial charge in [-0.3, -0.25) is 4.79 Å². The molecule has 0 radical (unpaired) electrons. The summed E-state index contributed by atoms with van der Waals surface area (Å²) in [5.74, 6) is 0.605. The van der Waals surface area contributed by atoms with Crippen molar-refractivity contribution < 1.29 is 9.53 Å². The average molecular weight is 263 g/mol. The zero-order valence-electron chi connectivity index (χ0n) is 10.8. The third kappa shape index (κ3) is 3.82. The Hall–Kier alpha value is -2.86. The number of carbonyl (C=O) groups is 1. The standard InChI is InChI=1S/C17H13NO2/c18-12-13-20-16-9-6-14(7-10-16)8-11-17(19)15-4-2-1-3-5-15/h1-11H,13H2. The zero-order valence-corrected chi connectivity index (χ0v) is 10.8. The molecule has 0 amide bonds. The fourth-order valence-corrected chi connectivity index (χ4v) is 1.66. The van der Waals surface area contributed by atoms with Crippen LogP contribution in [0.25, 0.3) is 6.08 Å². The van der Waals surface area contributed by atoms with Crippen molar-refractivity contribution in [3.8, 4) is 11.8 Å². The lowest BCUT2D eigenvalue weighted by atomic mass is 10.1. The van der Waals surface area contributed by atoms with E-state index < -0.39 is 0 Å². The molecule has 0 fully saturated rings. The first-order valence-electron chi connectivity index (χ1n) is 6.17. The van der Waals surface area contributed by atoms with Crippen LogP contribution in [0.4, 0.5) is 0 Å². The van der Waals surface area contributed by atoms with Gasteiger partial charge in [0.15, 0.2) is 12.4 Å². The number of benzene rings is 2. The predicted octanol–water partition coefficient (Wildman–Crippen LogP) is 3.49. The van der Waals surface area contributed by atoms with E-state index in [0.717, 1.165) is 5.56 Å². The van der Waals surface area contributed by atoms with Crippen LogP contribution in [0.2, 0.25) is 0 Å². The Kier molecular flexibility index (Phi) is 4.69. The summed E-state index contributed by atoms with van der Waals surface area (Å²) in [4.78, 5) is 11.9. The van der Waals surface area contributed by atoms with E-state index in [4.69, 9.17) is 10.00 Å². The van der Waals surface area contributed by atoms with Crippen molar-refractivity contribution in [2.45, 2.75) is 0 Å². The minimum absolute atomic E-state index is 0.0294. The van der Waals surface area contributed by atoms with Crippen molar-refractivity contribution in [2.75, 3.05) is 6.61 Å². The average Bonchev–Trinajstić information content (AvgIpc) is 2.52. The van der Waals surface area contributed by atoms with Gasteiger partial charge in [-0.2, -0.15) is 5.26 Å². The summed E-state index contributed by atoms with van der Waals surface area (Å²) in [7, 11) is 0. The number of rotatable bonds is 5. The highest BCUT2D eigenvalue weighted by Gasteiger charge is 1.99. The molecule has 0 bridgehead atoms. The lowest BCUT2D eigenvalue weighted by molar-refractivity contribution is 0.104. The van der Waals surface area contributed by atoms with Crippen molar-refractivity contribution in [2.24, 2.45) is 0 Å². The topological polar surface area (TPSA) is 50.1 Å². The number of hydrogen-bond donors (Lipinski definition) is 0. The Balaban J connectivity index is 2.01. The second-order valence-corrected chi connectivity index (χ2v) is 4.08. The smallest absolute Gasteiger partial charge is 0.185 e. The van der Waals surface area contributed by atoms with Gasteiger partial charge in [0.1, 0.15) is 11.8 Å². The first-order chi connectivity index (χ1) is 9.79. The maximum absolute atomic E-state index is 11.9. The molecule has 0 aliphatic heterocycles. The summed E-state index contributed by atoms with van der Waals surface area (Å²) in [6.45, 7) is 0.0294. The van der Waals surface area contributed by atoms with E-state index in [1.807, 2.05) is 36.4 Å². The number of hydrogen-bond acceptors (Lipinski definition) is 3. The molecule has 2 aromatic rings. The molecule has 0 unspecified atom stereocenters. The molecule has 0 N–H and O–H groups in total. The van der Waals surface area contributed by atoms with Gasteiger partial charge in [0.05, 0.1) is 0 Å². The van der Waals surface area contributed by atoms with Gasteiger partial charge in [0.25, 0.3) is 0 Å². The lowest BCUT2D eigenvalue weighted by Crippen LogP contribution is -1.93. The fourth-order valence-electron chi connectivity index (χ4n) is 1.66. The molecule has 0 saturated heterocycles. The van der Waals surface area contributed by atoms with Crippen LogP contribution >= 0.6 is 0 Å². The van der Waals surface area contributed by atoms with Gasteiger partial charge in [0, 0.05) is 5.56 Å². The van der Waals surface area contributed by atoms with E-state index >= 15 is 0 Å². The molecule has 0 aliphatic carbocycles. The number of carbonyl (C=O) groups excluding carboxylic acids is 1. The highest BCUT2D eigenvalue weighted by molar-refractivity contribution is 6.06. The molecule has 3 nitrogen and oxygen atoms in total. The lowest BCUT2D eigenvalue weighted by Gasteiger charge is -2.01. The summed E-state index contributed by atoms with van der Waals surface area (Å²) >= 11 is 0. The first-order valence-corrected chi connectivity index (χ1v) is 6.17. The van der Waals surface area contributed by atoms with E-state index in [9.17, 15) is 4.79 Å². The number of nitrogens with zero attached hydrogens (tertiary/aromatic N) is 1. The first kappa shape index (κ1) is 13.6. The molecule has 0 aromatic heterocycles. The minimum Gasteiger partial charge on any atom is -0.479 e. The molecule has 0 heterocycles. The van der Waals surface area contributed by atoms with Gasteiger partial charge in [-0.25, -0.2) is 0 Å². The molecule has 0 aliphatic rings. The van der Waals surface area contributed by atoms with Crippen molar-refractivity contribution in [1.82, 2.24) is 0 Å². The van der Waals surface area contributed by atoms with Gasteiger partial charge >= 0.3 is 0 Å². The maximum atomic E-state index is 11.9. The van der Waals surface area contributed by atoms with Crippen LogP contribution in [0.15, 0.2) is 60.7 Å². The zero-order chi connectivity index (χ0) is 14.2. The van der Waals surface area contributed by atoms with Gasteiger partial charge in [-0.15, -0.1) is 0 Å². The molecule has 0 atom stereocenters. The number of ether oxygens (including phenoxy) is 1. The van der Waals surface area contributed by atoms with Crippen molar-refractivity contribution in [3.63, 3.8) is 0 Å². The Bertz CT molecular complexity index is 637. The Labute approximate surface area is 117 Å². The second kappa shape index (κ2) is 6.91. The molecular formula is C17H13NO2. The Morgan fingerprint density at radius 3 is 2.45 bits per heavy atom. The maximum Gasteiger partial charge on any atom is 0.185 e.